The maximum absolute atomic E-state index is 11.5. The second kappa shape index (κ2) is 8.68. The smallest absolute Gasteiger partial charge is 0.409 e. The number of rotatable bonds is 4. The average molecular weight is 291 g/mol. The number of ketones is 1. The van der Waals surface area contributed by atoms with Gasteiger partial charge in [0.05, 0.1) is 12.4 Å². The zero-order valence-electron chi connectivity index (χ0n) is 11.3. The molecule has 0 aromatic rings. The number of hydrogen-bond donors (Lipinski definition) is 0. The molecule has 0 aromatic carbocycles. The molecule has 0 radical (unpaired) electrons. The van der Waals surface area contributed by atoms with E-state index in [0.29, 0.717) is 32.4 Å². The van der Waals surface area contributed by atoms with E-state index in [9.17, 15) is 18.0 Å². The Labute approximate surface area is 114 Å². The molecule has 0 saturated carbocycles. The first kappa shape index (κ1) is 17.6. The van der Waals surface area contributed by atoms with Crippen molar-refractivity contribution in [3.63, 3.8) is 0 Å². The van der Waals surface area contributed by atoms with Crippen molar-refractivity contribution in [1.29, 1.82) is 0 Å². The number of amides is 1. The number of Topliss-reactive ketones (excluding diaryl/α,β-unsaturated/α-hetero) is 1. The van der Waals surface area contributed by atoms with Crippen LogP contribution in [-0.4, -0.2) is 56.9 Å². The first-order chi connectivity index (χ1) is 8.88. The van der Waals surface area contributed by atoms with E-state index in [1.807, 2.05) is 0 Å². The van der Waals surface area contributed by atoms with Gasteiger partial charge in [0, 0.05) is 32.2 Å². The van der Waals surface area contributed by atoms with Gasteiger partial charge in [0.25, 0.3) is 0 Å². The first-order valence-corrected chi connectivity index (χ1v) is 8.05. The third-order valence-corrected chi connectivity index (χ3v) is 3.49. The minimum absolute atomic E-state index is 0.0127. The van der Waals surface area contributed by atoms with E-state index in [0.717, 1.165) is 6.26 Å². The Kier molecular flexibility index (Phi) is 8.06. The van der Waals surface area contributed by atoms with Crippen LogP contribution in [0.1, 0.15) is 19.3 Å². The van der Waals surface area contributed by atoms with Crippen LogP contribution in [0.4, 0.5) is 4.79 Å². The van der Waals surface area contributed by atoms with E-state index in [2.05, 4.69) is 13.2 Å². The molecular weight excluding hydrogens is 270 g/mol. The second-order valence-electron chi connectivity index (χ2n) is 4.12. The Hall–Kier alpha value is -1.37. The largest absolute Gasteiger partial charge is 0.449 e. The zero-order valence-corrected chi connectivity index (χ0v) is 12.1. The molecule has 1 aliphatic heterocycles. The summed E-state index contributed by atoms with van der Waals surface area (Å²) in [6.07, 6.45) is 1.73. The molecular formula is C12H21NO5S. The number of nitrogens with zero attached hydrogens (tertiary/aromatic N) is 1. The molecule has 19 heavy (non-hydrogen) atoms. The lowest BCUT2D eigenvalue weighted by Gasteiger charge is -2.25. The molecule has 0 bridgehead atoms. The molecule has 1 fully saturated rings. The monoisotopic (exact) mass is 291 g/mol. The van der Waals surface area contributed by atoms with Crippen molar-refractivity contribution in [3.05, 3.63) is 13.2 Å². The third kappa shape index (κ3) is 8.36. The number of likely N-dealkylation sites (tertiary alicyclic amines) is 1. The molecule has 110 valence electrons. The Morgan fingerprint density at radius 2 is 1.84 bits per heavy atom. The summed E-state index contributed by atoms with van der Waals surface area (Å²) in [5.74, 6) is 0.171. The van der Waals surface area contributed by atoms with Gasteiger partial charge in [-0.1, -0.05) is 0 Å². The number of ether oxygens (including phenoxy) is 1. The second-order valence-corrected chi connectivity index (χ2v) is 6.38. The molecule has 1 rings (SSSR count). The number of carbonyl (C=O) groups excluding carboxylic acids is 2. The van der Waals surface area contributed by atoms with Crippen molar-refractivity contribution >= 4 is 21.7 Å². The van der Waals surface area contributed by atoms with Gasteiger partial charge in [0.15, 0.2) is 0 Å². The average Bonchev–Trinajstić information content (AvgIpc) is 2.36. The van der Waals surface area contributed by atoms with Gasteiger partial charge in [0.1, 0.15) is 15.6 Å². The molecule has 0 aliphatic carbocycles. The Morgan fingerprint density at radius 1 is 1.32 bits per heavy atom. The van der Waals surface area contributed by atoms with Gasteiger partial charge in [-0.3, -0.25) is 4.79 Å². The minimum atomic E-state index is -3.00. The molecule has 1 heterocycles. The van der Waals surface area contributed by atoms with Crippen LogP contribution in [0.5, 0.6) is 0 Å². The van der Waals surface area contributed by atoms with Gasteiger partial charge in [0.2, 0.25) is 0 Å². The highest BCUT2D eigenvalue weighted by Crippen LogP contribution is 2.07. The van der Waals surface area contributed by atoms with Crippen LogP contribution in [0.25, 0.3) is 0 Å². The molecule has 0 aromatic heterocycles. The van der Waals surface area contributed by atoms with E-state index in [1.54, 1.807) is 0 Å². The van der Waals surface area contributed by atoms with E-state index >= 15 is 0 Å². The summed E-state index contributed by atoms with van der Waals surface area (Å²) < 4.78 is 26.6. The molecule has 1 saturated heterocycles. The van der Waals surface area contributed by atoms with Crippen LogP contribution < -0.4 is 0 Å². The van der Waals surface area contributed by atoms with E-state index in [-0.39, 0.29) is 18.1 Å². The van der Waals surface area contributed by atoms with Gasteiger partial charge in [-0.25, -0.2) is 13.2 Å². The quantitative estimate of drug-likeness (QED) is 0.570. The lowest BCUT2D eigenvalue weighted by atomic mass is 10.1. The molecule has 0 N–H and O–H groups in total. The fourth-order valence-corrected chi connectivity index (χ4v) is 2.15. The molecule has 1 amide bonds. The summed E-state index contributed by atoms with van der Waals surface area (Å²) in [6, 6.07) is 0. The predicted molar refractivity (Wildman–Crippen MR) is 72.7 cm³/mol. The lowest BCUT2D eigenvalue weighted by molar-refractivity contribution is -0.121. The van der Waals surface area contributed by atoms with Crippen molar-refractivity contribution < 1.29 is 22.7 Å². The molecule has 0 atom stereocenters. The summed E-state index contributed by atoms with van der Waals surface area (Å²) >= 11 is 0. The predicted octanol–water partition coefficient (Wildman–Crippen LogP) is 1.02. The number of sulfone groups is 1. The van der Waals surface area contributed by atoms with Crippen LogP contribution in [0.2, 0.25) is 0 Å². The highest BCUT2D eigenvalue weighted by Gasteiger charge is 2.21. The number of carbonyl (C=O) groups is 2. The molecule has 6 nitrogen and oxygen atoms in total. The summed E-state index contributed by atoms with van der Waals surface area (Å²) in [5.41, 5.74) is 0. The minimum Gasteiger partial charge on any atom is -0.449 e. The van der Waals surface area contributed by atoms with E-state index < -0.39 is 15.9 Å². The Morgan fingerprint density at radius 3 is 2.32 bits per heavy atom. The topological polar surface area (TPSA) is 80.8 Å². The van der Waals surface area contributed by atoms with Crippen molar-refractivity contribution in [2.75, 3.05) is 31.7 Å². The van der Waals surface area contributed by atoms with Crippen LogP contribution in [0, 0.1) is 0 Å². The maximum atomic E-state index is 11.5. The van der Waals surface area contributed by atoms with E-state index in [1.165, 1.54) is 4.90 Å². The summed E-state index contributed by atoms with van der Waals surface area (Å²) in [7, 11) is -3.00. The van der Waals surface area contributed by atoms with Gasteiger partial charge in [-0.2, -0.15) is 0 Å². The highest BCUT2D eigenvalue weighted by atomic mass is 32.2. The standard InChI is InChI=1S/C10H17NO5S.C2H4/c1-17(14,15)8-2-7-16-10(13)11-5-3-9(12)4-6-11;1-2/h2-8H2,1H3;1-2H2. The van der Waals surface area contributed by atoms with Gasteiger partial charge in [-0.05, 0) is 6.42 Å². The normalized spacial score (nSPS) is 15.4. The highest BCUT2D eigenvalue weighted by molar-refractivity contribution is 7.90. The maximum Gasteiger partial charge on any atom is 0.409 e. The van der Waals surface area contributed by atoms with Crippen LogP contribution in [0.3, 0.4) is 0 Å². The number of piperidine rings is 1. The zero-order chi connectivity index (χ0) is 14.9. The van der Waals surface area contributed by atoms with Gasteiger partial charge >= 0.3 is 6.09 Å². The summed E-state index contributed by atoms with van der Waals surface area (Å²) in [6.45, 7) is 6.88. The SMILES string of the molecule is C=C.CS(=O)(=O)CCCOC(=O)N1CCC(=O)CC1. The Balaban J connectivity index is 0.00000154. The summed E-state index contributed by atoms with van der Waals surface area (Å²) in [4.78, 5) is 23.9. The fourth-order valence-electron chi connectivity index (χ4n) is 1.51. The summed E-state index contributed by atoms with van der Waals surface area (Å²) in [5, 5.41) is 0. The van der Waals surface area contributed by atoms with Crippen molar-refractivity contribution in [3.8, 4) is 0 Å². The molecule has 1 aliphatic rings. The van der Waals surface area contributed by atoms with Crippen molar-refractivity contribution in [1.82, 2.24) is 4.90 Å². The fraction of sp³-hybridized carbons (Fsp3) is 0.667. The van der Waals surface area contributed by atoms with Gasteiger partial charge in [-0.15, -0.1) is 13.2 Å². The van der Waals surface area contributed by atoms with Crippen LogP contribution >= 0.6 is 0 Å². The molecule has 0 spiro atoms. The third-order valence-electron chi connectivity index (χ3n) is 2.46. The van der Waals surface area contributed by atoms with Crippen molar-refractivity contribution in [2.45, 2.75) is 19.3 Å². The van der Waals surface area contributed by atoms with Crippen LogP contribution in [0.15, 0.2) is 13.2 Å². The van der Waals surface area contributed by atoms with E-state index in [4.69, 9.17) is 4.74 Å². The lowest BCUT2D eigenvalue weighted by Crippen LogP contribution is -2.39. The molecule has 0 unspecified atom stereocenters. The van der Waals surface area contributed by atoms with Crippen LogP contribution in [-0.2, 0) is 19.4 Å². The molecule has 7 heteroatoms. The first-order valence-electron chi connectivity index (χ1n) is 5.99. The number of hydrogen-bond acceptors (Lipinski definition) is 5. The van der Waals surface area contributed by atoms with Crippen molar-refractivity contribution in [2.24, 2.45) is 0 Å². The Bertz CT molecular complexity index is 394. The van der Waals surface area contributed by atoms with Gasteiger partial charge < -0.3 is 9.64 Å².